The van der Waals surface area contributed by atoms with Gasteiger partial charge < -0.3 is 10.1 Å². The van der Waals surface area contributed by atoms with Gasteiger partial charge >= 0.3 is 0 Å². The maximum absolute atomic E-state index is 12.9. The van der Waals surface area contributed by atoms with E-state index in [-0.39, 0.29) is 5.82 Å². The monoisotopic (exact) mass is 206 g/mol. The van der Waals surface area contributed by atoms with Crippen LogP contribution in [0.2, 0.25) is 0 Å². The molecule has 1 unspecified atom stereocenters. The normalized spacial score (nSPS) is 24.8. The molecule has 1 heterocycles. The lowest BCUT2D eigenvalue weighted by Gasteiger charge is -2.21. The Morgan fingerprint density at radius 3 is 3.00 bits per heavy atom. The minimum absolute atomic E-state index is 0.313. The fourth-order valence-electron chi connectivity index (χ4n) is 1.62. The van der Waals surface area contributed by atoms with E-state index in [1.165, 1.54) is 12.1 Å². The van der Waals surface area contributed by atoms with Gasteiger partial charge in [0.05, 0.1) is 19.3 Å². The summed E-state index contributed by atoms with van der Waals surface area (Å²) in [5.41, 5.74) is -0.0876. The predicted octanol–water partition coefficient (Wildman–Crippen LogP) is 1.92. The van der Waals surface area contributed by atoms with E-state index < -0.39 is 5.54 Å². The molecule has 4 heteroatoms. The molecule has 1 fully saturated rings. The Bertz CT molecular complexity index is 394. The topological polar surface area (TPSA) is 45.0 Å². The summed E-state index contributed by atoms with van der Waals surface area (Å²) in [4.78, 5) is 0. The number of nitrogens with one attached hydrogen (secondary N) is 1. The van der Waals surface area contributed by atoms with Crippen molar-refractivity contribution in [2.45, 2.75) is 12.0 Å². The Balaban J connectivity index is 2.17. The lowest BCUT2D eigenvalue weighted by Crippen LogP contribution is -2.36. The van der Waals surface area contributed by atoms with Crippen molar-refractivity contribution in [3.8, 4) is 6.07 Å². The van der Waals surface area contributed by atoms with Crippen LogP contribution in [-0.2, 0) is 4.74 Å². The molecule has 0 aromatic heterocycles. The SMILES string of the molecule is N#CC1(Nc2cccc(F)c2)CCOC1. The molecule has 78 valence electrons. The highest BCUT2D eigenvalue weighted by Crippen LogP contribution is 2.23. The van der Waals surface area contributed by atoms with Gasteiger partial charge in [-0.2, -0.15) is 5.26 Å². The second kappa shape index (κ2) is 3.87. The Morgan fingerprint density at radius 1 is 1.53 bits per heavy atom. The van der Waals surface area contributed by atoms with Crippen molar-refractivity contribution in [3.63, 3.8) is 0 Å². The molecule has 0 saturated carbocycles. The maximum atomic E-state index is 12.9. The van der Waals surface area contributed by atoms with Gasteiger partial charge in [-0.1, -0.05) is 6.07 Å². The van der Waals surface area contributed by atoms with Crippen LogP contribution < -0.4 is 5.32 Å². The molecule has 1 aliphatic heterocycles. The molecular formula is C11H11FN2O. The zero-order valence-electron chi connectivity index (χ0n) is 8.16. The van der Waals surface area contributed by atoms with Crippen LogP contribution in [0.1, 0.15) is 6.42 Å². The molecule has 1 N–H and O–H groups in total. The van der Waals surface area contributed by atoms with Gasteiger partial charge in [-0.05, 0) is 18.2 Å². The molecule has 0 amide bonds. The predicted molar refractivity (Wildman–Crippen MR) is 53.8 cm³/mol. The summed E-state index contributed by atoms with van der Waals surface area (Å²) in [6.45, 7) is 0.913. The van der Waals surface area contributed by atoms with Gasteiger partial charge in [0, 0.05) is 12.1 Å². The van der Waals surface area contributed by atoms with Crippen molar-refractivity contribution in [1.82, 2.24) is 0 Å². The van der Waals surface area contributed by atoms with E-state index in [2.05, 4.69) is 11.4 Å². The average molecular weight is 206 g/mol. The standard InChI is InChI=1S/C11H11FN2O/c12-9-2-1-3-10(6-9)14-11(7-13)4-5-15-8-11/h1-3,6,14H,4-5,8H2. The van der Waals surface area contributed by atoms with Gasteiger partial charge in [0.1, 0.15) is 5.82 Å². The lowest BCUT2D eigenvalue weighted by molar-refractivity contribution is 0.189. The Kier molecular flexibility index (Phi) is 2.57. The number of hydrogen-bond acceptors (Lipinski definition) is 3. The molecule has 1 aromatic carbocycles. The van der Waals surface area contributed by atoms with E-state index in [1.54, 1.807) is 12.1 Å². The summed E-state index contributed by atoms with van der Waals surface area (Å²) in [6.07, 6.45) is 0.625. The summed E-state index contributed by atoms with van der Waals surface area (Å²) in [5, 5.41) is 12.1. The van der Waals surface area contributed by atoms with E-state index in [9.17, 15) is 4.39 Å². The summed E-state index contributed by atoms with van der Waals surface area (Å²) in [7, 11) is 0. The molecule has 1 atom stereocenters. The van der Waals surface area contributed by atoms with E-state index in [0.717, 1.165) is 0 Å². The number of benzene rings is 1. The minimum atomic E-state index is -0.701. The van der Waals surface area contributed by atoms with E-state index >= 15 is 0 Å². The van der Waals surface area contributed by atoms with Crippen LogP contribution in [0.3, 0.4) is 0 Å². The van der Waals surface area contributed by atoms with Gasteiger partial charge in [-0.25, -0.2) is 4.39 Å². The van der Waals surface area contributed by atoms with Crippen molar-refractivity contribution in [2.75, 3.05) is 18.5 Å². The summed E-state index contributed by atoms with van der Waals surface area (Å²) in [5.74, 6) is -0.313. The number of nitrogens with zero attached hydrogens (tertiary/aromatic N) is 1. The molecule has 1 aromatic rings. The van der Waals surface area contributed by atoms with Gasteiger partial charge in [0.2, 0.25) is 0 Å². The summed E-state index contributed by atoms with van der Waals surface area (Å²) >= 11 is 0. The van der Waals surface area contributed by atoms with Gasteiger partial charge in [0.25, 0.3) is 0 Å². The van der Waals surface area contributed by atoms with Crippen molar-refractivity contribution in [2.24, 2.45) is 0 Å². The summed E-state index contributed by atoms with van der Waals surface area (Å²) in [6, 6.07) is 8.28. The second-order valence-electron chi connectivity index (χ2n) is 3.63. The van der Waals surface area contributed by atoms with E-state index in [4.69, 9.17) is 10.00 Å². The van der Waals surface area contributed by atoms with Crippen LogP contribution in [0.15, 0.2) is 24.3 Å². The van der Waals surface area contributed by atoms with Crippen molar-refractivity contribution in [1.29, 1.82) is 5.26 Å². The van der Waals surface area contributed by atoms with Gasteiger partial charge in [-0.3, -0.25) is 0 Å². The number of ether oxygens (including phenoxy) is 1. The number of hydrogen-bond donors (Lipinski definition) is 1. The zero-order valence-corrected chi connectivity index (χ0v) is 8.16. The third-order valence-electron chi connectivity index (χ3n) is 2.44. The first-order chi connectivity index (χ1) is 7.24. The molecule has 1 aliphatic rings. The highest BCUT2D eigenvalue weighted by molar-refractivity contribution is 5.48. The smallest absolute Gasteiger partial charge is 0.151 e. The van der Waals surface area contributed by atoms with E-state index in [0.29, 0.717) is 25.3 Å². The van der Waals surface area contributed by atoms with Crippen molar-refractivity contribution >= 4 is 5.69 Å². The molecular weight excluding hydrogens is 195 g/mol. The average Bonchev–Trinajstić information content (AvgIpc) is 2.67. The molecule has 0 bridgehead atoms. The summed E-state index contributed by atoms with van der Waals surface area (Å²) < 4.78 is 18.1. The zero-order chi connectivity index (χ0) is 10.7. The molecule has 1 saturated heterocycles. The second-order valence-corrected chi connectivity index (χ2v) is 3.63. The van der Waals surface area contributed by atoms with E-state index in [1.807, 2.05) is 0 Å². The third-order valence-corrected chi connectivity index (χ3v) is 2.44. The van der Waals surface area contributed by atoms with Crippen LogP contribution in [0.5, 0.6) is 0 Å². The third kappa shape index (κ3) is 2.08. The number of rotatable bonds is 2. The number of anilines is 1. The lowest BCUT2D eigenvalue weighted by atomic mass is 10.0. The molecule has 0 spiro atoms. The fraction of sp³-hybridized carbons (Fsp3) is 0.364. The maximum Gasteiger partial charge on any atom is 0.151 e. The first kappa shape index (κ1) is 9.94. The first-order valence-corrected chi connectivity index (χ1v) is 4.77. The molecule has 0 aliphatic carbocycles. The van der Waals surface area contributed by atoms with Crippen LogP contribution in [0.25, 0.3) is 0 Å². The van der Waals surface area contributed by atoms with Crippen LogP contribution in [0.4, 0.5) is 10.1 Å². The first-order valence-electron chi connectivity index (χ1n) is 4.77. The Morgan fingerprint density at radius 2 is 2.40 bits per heavy atom. The number of nitriles is 1. The largest absolute Gasteiger partial charge is 0.378 e. The highest BCUT2D eigenvalue weighted by Gasteiger charge is 2.34. The number of halogens is 1. The molecule has 3 nitrogen and oxygen atoms in total. The quantitative estimate of drug-likeness (QED) is 0.804. The van der Waals surface area contributed by atoms with Gasteiger partial charge in [-0.15, -0.1) is 0 Å². The van der Waals surface area contributed by atoms with Crippen molar-refractivity contribution < 1.29 is 9.13 Å². The van der Waals surface area contributed by atoms with Crippen LogP contribution >= 0.6 is 0 Å². The Hall–Kier alpha value is -1.60. The van der Waals surface area contributed by atoms with Crippen LogP contribution in [-0.4, -0.2) is 18.8 Å². The van der Waals surface area contributed by atoms with Crippen LogP contribution in [0, 0.1) is 17.1 Å². The molecule has 0 radical (unpaired) electrons. The molecule has 15 heavy (non-hydrogen) atoms. The van der Waals surface area contributed by atoms with Gasteiger partial charge in [0.15, 0.2) is 5.54 Å². The Labute approximate surface area is 87.5 Å². The fourth-order valence-corrected chi connectivity index (χ4v) is 1.62. The minimum Gasteiger partial charge on any atom is -0.378 e. The molecule has 2 rings (SSSR count). The highest BCUT2D eigenvalue weighted by atomic mass is 19.1. The van der Waals surface area contributed by atoms with Crippen molar-refractivity contribution in [3.05, 3.63) is 30.1 Å².